The van der Waals surface area contributed by atoms with E-state index in [1.165, 1.54) is 32.5 Å². The minimum atomic E-state index is -1.20. The molecule has 4 aromatic rings. The number of nitrogens with zero attached hydrogens (tertiary/aromatic N) is 6. The number of likely N-dealkylation sites (tertiary alicyclic amines) is 2. The van der Waals surface area contributed by atoms with Gasteiger partial charge in [0.1, 0.15) is 79.8 Å². The van der Waals surface area contributed by atoms with E-state index in [9.17, 15) is 29.1 Å². The van der Waals surface area contributed by atoms with Crippen LogP contribution in [0.5, 0.6) is 11.5 Å². The van der Waals surface area contributed by atoms with Gasteiger partial charge in [-0.15, -0.1) is 29.3 Å². The van der Waals surface area contributed by atoms with E-state index in [0.717, 1.165) is 26.8 Å². The Kier molecular flexibility index (Phi) is 18.3. The van der Waals surface area contributed by atoms with E-state index in [0.29, 0.717) is 52.3 Å². The molecule has 3 aliphatic heterocycles. The van der Waals surface area contributed by atoms with E-state index in [4.69, 9.17) is 53.1 Å². The molecule has 3 fully saturated rings. The lowest BCUT2D eigenvalue weighted by molar-refractivity contribution is -0.149. The number of carbonyl (C=O) groups is 5. The number of aliphatic imine (C=N–C) groups is 1. The number of ether oxygens (including phenoxy) is 7. The van der Waals surface area contributed by atoms with Crippen LogP contribution in [0, 0.1) is 11.8 Å². The summed E-state index contributed by atoms with van der Waals surface area (Å²) in [5.74, 6) is 0.606. The van der Waals surface area contributed by atoms with Gasteiger partial charge in [0.2, 0.25) is 5.91 Å². The predicted octanol–water partition coefficient (Wildman–Crippen LogP) is 10.4. The molecular weight excluding hydrogens is 1090 g/mol. The number of rotatable bonds is 16. The molecular formula is C60H75N7O13S2. The Morgan fingerprint density at radius 1 is 0.841 bits per heavy atom. The van der Waals surface area contributed by atoms with E-state index < -0.39 is 71.1 Å². The fraction of sp³-hybridized carbons (Fsp3) is 0.517. The van der Waals surface area contributed by atoms with E-state index >= 15 is 0 Å². The minimum Gasteiger partial charge on any atom is -0.497 e. The highest BCUT2D eigenvalue weighted by atomic mass is 32.1. The number of nitrogens with one attached hydrogen (secondary N) is 1. The summed E-state index contributed by atoms with van der Waals surface area (Å²) in [5.41, 5.74) is 1.26. The molecule has 440 valence electrons. The topological polar surface area (TPSA) is 240 Å². The fourth-order valence-corrected chi connectivity index (χ4v) is 11.8. The van der Waals surface area contributed by atoms with Gasteiger partial charge in [-0.25, -0.2) is 34.1 Å². The number of hydrogen-bond acceptors (Lipinski definition) is 18. The third kappa shape index (κ3) is 13.9. The number of methoxy groups -OCH3 is 2. The summed E-state index contributed by atoms with van der Waals surface area (Å²) >= 11 is 3.04. The molecule has 9 rings (SSSR count). The van der Waals surface area contributed by atoms with Crippen LogP contribution in [0.15, 0.2) is 88.5 Å². The maximum absolute atomic E-state index is 13.8. The number of carboxylic acids is 1. The van der Waals surface area contributed by atoms with Crippen molar-refractivity contribution in [2.24, 2.45) is 16.8 Å². The summed E-state index contributed by atoms with van der Waals surface area (Å²) in [6, 6.07) is 5.17. The quantitative estimate of drug-likeness (QED) is 0.0602. The normalized spacial score (nSPS) is 23.8. The van der Waals surface area contributed by atoms with Crippen LogP contribution in [0.2, 0.25) is 0 Å². The lowest BCUT2D eigenvalue weighted by Crippen LogP contribution is -2.53. The van der Waals surface area contributed by atoms with Crippen LogP contribution in [0.4, 0.5) is 9.59 Å². The monoisotopic (exact) mass is 1170 g/mol. The second kappa shape index (κ2) is 24.6. The van der Waals surface area contributed by atoms with Crippen molar-refractivity contribution in [3.63, 3.8) is 0 Å². The first-order chi connectivity index (χ1) is 38.7. The number of aliphatic carboxylic acids is 1. The van der Waals surface area contributed by atoms with Crippen molar-refractivity contribution < 1.29 is 62.2 Å². The number of aromatic nitrogens is 3. The maximum atomic E-state index is 13.8. The van der Waals surface area contributed by atoms with Gasteiger partial charge in [-0.05, 0) is 91.0 Å². The molecule has 22 heteroatoms. The first kappa shape index (κ1) is 60.8. The van der Waals surface area contributed by atoms with Crippen LogP contribution >= 0.6 is 22.7 Å². The Morgan fingerprint density at radius 3 is 2.01 bits per heavy atom. The van der Waals surface area contributed by atoms with Gasteiger partial charge in [0, 0.05) is 53.1 Å². The van der Waals surface area contributed by atoms with Gasteiger partial charge in [0.15, 0.2) is 0 Å². The van der Waals surface area contributed by atoms with Gasteiger partial charge < -0.3 is 43.6 Å². The Labute approximate surface area is 486 Å². The molecule has 0 bridgehead atoms. The van der Waals surface area contributed by atoms with Crippen LogP contribution in [0.3, 0.4) is 0 Å². The molecule has 2 aliphatic carbocycles. The zero-order valence-electron chi connectivity index (χ0n) is 48.8. The molecule has 2 unspecified atom stereocenters. The second-order valence-electron chi connectivity index (χ2n) is 23.4. The molecule has 0 spiro atoms. The van der Waals surface area contributed by atoms with Crippen molar-refractivity contribution in [2.45, 2.75) is 154 Å². The van der Waals surface area contributed by atoms with Gasteiger partial charge >= 0.3 is 24.1 Å². The van der Waals surface area contributed by atoms with Crippen molar-refractivity contribution in [2.75, 3.05) is 33.9 Å². The Bertz CT molecular complexity index is 3200. The molecule has 2 N–H and O–H groups in total. The Hall–Kier alpha value is -7.33. The van der Waals surface area contributed by atoms with Crippen LogP contribution in [-0.2, 0) is 38.1 Å². The van der Waals surface area contributed by atoms with Gasteiger partial charge in [-0.3, -0.25) is 19.6 Å². The fourth-order valence-electron chi connectivity index (χ4n) is 9.89. The first-order valence-electron chi connectivity index (χ1n) is 27.5. The highest BCUT2D eigenvalue weighted by Crippen LogP contribution is 2.46. The second-order valence-corrected chi connectivity index (χ2v) is 25.1. The zero-order chi connectivity index (χ0) is 59.6. The third-order valence-corrected chi connectivity index (χ3v) is 16.0. The molecule has 5 aliphatic rings. The zero-order valence-corrected chi connectivity index (χ0v) is 50.5. The number of carboxylic acid groups (broad SMARTS) is 1. The van der Waals surface area contributed by atoms with Gasteiger partial charge in [0.05, 0.1) is 68.5 Å². The van der Waals surface area contributed by atoms with Crippen molar-refractivity contribution in [3.05, 3.63) is 99.9 Å². The Morgan fingerprint density at radius 2 is 1.45 bits per heavy atom. The van der Waals surface area contributed by atoms with Crippen LogP contribution < -0.4 is 14.8 Å². The average Bonchev–Trinajstić information content (AvgIpc) is 2.63. The largest absolute Gasteiger partial charge is 0.497 e. The summed E-state index contributed by atoms with van der Waals surface area (Å²) in [5, 5.41) is 19.0. The van der Waals surface area contributed by atoms with Gasteiger partial charge in [-0.1, -0.05) is 39.8 Å². The summed E-state index contributed by atoms with van der Waals surface area (Å²) in [4.78, 5) is 86.7. The van der Waals surface area contributed by atoms with Crippen molar-refractivity contribution in [1.82, 2.24) is 30.1 Å². The SMILES string of the molecule is C=C[C@@H]1C[C@]1(NC(=O)[C@@H]1C[C@@H](Oc2cc(-c3nc(C(C)C)cs3)nc3cc(OC)ccc23)CN1C(=O)OC(C)(C)C)C(=O)OCC.COC1=CC2N=C(c3nc(C(C)C)cs3)C=C(O[C@@H]3C[C@@H](C(=O)O)N(C(=O)OC(C)(C)C)C3)C2C=C1. The molecule has 82 heavy (non-hydrogen) atoms. The summed E-state index contributed by atoms with van der Waals surface area (Å²) in [6.45, 7) is 24.8. The number of pyridine rings is 1. The molecule has 2 saturated heterocycles. The smallest absolute Gasteiger partial charge is 0.411 e. The number of benzene rings is 1. The number of hydrogen-bond donors (Lipinski definition) is 2. The van der Waals surface area contributed by atoms with E-state index in [2.05, 4.69) is 39.6 Å². The average molecular weight is 1170 g/mol. The lowest BCUT2D eigenvalue weighted by atomic mass is 9.89. The molecule has 1 saturated carbocycles. The number of dihydropyridines is 1. The molecule has 0 radical (unpaired) electrons. The number of carbonyl (C=O) groups excluding carboxylic acids is 4. The summed E-state index contributed by atoms with van der Waals surface area (Å²) < 4.78 is 40.3. The van der Waals surface area contributed by atoms with E-state index in [-0.39, 0.29) is 56.3 Å². The number of allylic oxidation sites excluding steroid dienone is 2. The van der Waals surface area contributed by atoms with Crippen LogP contribution in [-0.4, -0.2) is 147 Å². The van der Waals surface area contributed by atoms with Crippen molar-refractivity contribution in [1.29, 1.82) is 0 Å². The highest BCUT2D eigenvalue weighted by molar-refractivity contribution is 7.13. The molecule has 6 heterocycles. The predicted molar refractivity (Wildman–Crippen MR) is 311 cm³/mol. The summed E-state index contributed by atoms with van der Waals surface area (Å²) in [6.07, 6.45) is 7.65. The van der Waals surface area contributed by atoms with Gasteiger partial charge in [0.25, 0.3) is 0 Å². The standard InChI is InChI=1S/C34H42N4O7S.C26H33N3O6S/c1-9-20-16-34(20,31(40)43-10-2)37-29(39)27-14-22(17-38(27)32(41)45-33(5,6)7)44-28-15-25(30-36-26(18-46-30)19(3)4)35-24-13-21(42-8)11-12-23(24)28;1-14(2)20-13-36-23(28-20)19-11-22(17-8-7-15(33-6)9-18(17)27-19)34-16-10-21(24(30)31)29(12-16)25(32)35-26(3,4)5/h9,11-13,15,18-20,22,27H,1,10,14,16-17H2,2-8H3,(H,37,39);7-9,11,13-14,16-18,21H,10,12H2,1-6H3,(H,30,31)/t20-,22-,27+,34-;16-,17?,18?,21+/m11/s1. The number of esters is 1. The number of amides is 3. The highest BCUT2D eigenvalue weighted by Gasteiger charge is 2.62. The van der Waals surface area contributed by atoms with Gasteiger partial charge in [-0.2, -0.15) is 0 Å². The summed E-state index contributed by atoms with van der Waals surface area (Å²) in [7, 11) is 3.21. The lowest BCUT2D eigenvalue weighted by Gasteiger charge is -2.30. The molecule has 1 aromatic carbocycles. The number of thiazole rings is 2. The maximum Gasteiger partial charge on any atom is 0.411 e. The van der Waals surface area contributed by atoms with Crippen LogP contribution in [0.25, 0.3) is 21.6 Å². The Balaban J connectivity index is 0.000000221. The molecule has 3 amide bonds. The van der Waals surface area contributed by atoms with E-state index in [1.807, 2.05) is 59.3 Å². The first-order valence-corrected chi connectivity index (χ1v) is 29.3. The molecule has 8 atom stereocenters. The third-order valence-electron chi connectivity index (χ3n) is 14.2. The van der Waals surface area contributed by atoms with Crippen molar-refractivity contribution >= 4 is 69.3 Å². The van der Waals surface area contributed by atoms with E-state index in [1.54, 1.807) is 68.8 Å². The van der Waals surface area contributed by atoms with Crippen molar-refractivity contribution in [3.8, 4) is 22.2 Å². The molecule has 3 aromatic heterocycles. The van der Waals surface area contributed by atoms with Crippen LogP contribution in [0.1, 0.15) is 124 Å². The minimum absolute atomic E-state index is 0.0916. The molecule has 20 nitrogen and oxygen atoms in total. The number of fused-ring (bicyclic) bond motifs is 2.